The fourth-order valence-electron chi connectivity index (χ4n) is 3.14. The van der Waals surface area contributed by atoms with E-state index >= 15 is 0 Å². The van der Waals surface area contributed by atoms with Crippen molar-refractivity contribution in [3.63, 3.8) is 0 Å². The molecule has 0 saturated heterocycles. The average molecular weight is 283 g/mol. The number of hydrogen-bond acceptors (Lipinski definition) is 2. The molecular formula is C15H22FNOS. The number of benzene rings is 1. The van der Waals surface area contributed by atoms with Gasteiger partial charge in [-0.25, -0.2) is 4.39 Å². The molecule has 1 aromatic carbocycles. The molecule has 1 fully saturated rings. The van der Waals surface area contributed by atoms with E-state index in [1.165, 1.54) is 12.1 Å². The van der Waals surface area contributed by atoms with Crippen molar-refractivity contribution in [3.8, 4) is 0 Å². The first kappa shape index (κ1) is 14.7. The topological polar surface area (TPSA) is 29.1 Å². The van der Waals surface area contributed by atoms with Crippen LogP contribution in [0.2, 0.25) is 0 Å². The molecule has 0 aromatic heterocycles. The molecule has 1 aliphatic rings. The third kappa shape index (κ3) is 3.06. The highest BCUT2D eigenvalue weighted by Gasteiger charge is 2.41. The van der Waals surface area contributed by atoms with Crippen molar-refractivity contribution in [1.82, 2.24) is 5.32 Å². The first-order valence-corrected chi connectivity index (χ1v) is 8.00. The van der Waals surface area contributed by atoms with Crippen LogP contribution in [0.5, 0.6) is 0 Å². The largest absolute Gasteiger partial charge is 0.315 e. The number of nitrogens with one attached hydrogen (secondary N) is 1. The molecule has 3 atom stereocenters. The Hall–Kier alpha value is -0.740. The predicted molar refractivity (Wildman–Crippen MR) is 77.1 cm³/mol. The lowest BCUT2D eigenvalue weighted by Gasteiger charge is -2.43. The summed E-state index contributed by atoms with van der Waals surface area (Å²) in [4.78, 5) is 0.726. The van der Waals surface area contributed by atoms with E-state index in [4.69, 9.17) is 0 Å². The van der Waals surface area contributed by atoms with Crippen LogP contribution in [0, 0.1) is 11.2 Å². The molecule has 0 heterocycles. The Kier molecular flexibility index (Phi) is 4.41. The molecule has 4 heteroatoms. The van der Waals surface area contributed by atoms with Gasteiger partial charge in [-0.15, -0.1) is 0 Å². The molecule has 1 aromatic rings. The van der Waals surface area contributed by atoms with E-state index in [1.807, 2.05) is 7.05 Å². The highest BCUT2D eigenvalue weighted by molar-refractivity contribution is 7.85. The Balaban J connectivity index is 2.24. The van der Waals surface area contributed by atoms with Crippen LogP contribution in [0.3, 0.4) is 0 Å². The third-order valence-corrected chi connectivity index (χ3v) is 5.95. The van der Waals surface area contributed by atoms with Crippen LogP contribution >= 0.6 is 0 Å². The van der Waals surface area contributed by atoms with Crippen LogP contribution in [0.15, 0.2) is 29.2 Å². The van der Waals surface area contributed by atoms with Gasteiger partial charge >= 0.3 is 0 Å². The second kappa shape index (κ2) is 5.71. The van der Waals surface area contributed by atoms with E-state index in [0.29, 0.717) is 0 Å². The van der Waals surface area contributed by atoms with Crippen LogP contribution in [-0.4, -0.2) is 22.5 Å². The maximum Gasteiger partial charge on any atom is 0.123 e. The van der Waals surface area contributed by atoms with Gasteiger partial charge in [0.05, 0.1) is 16.0 Å². The van der Waals surface area contributed by atoms with Crippen molar-refractivity contribution >= 4 is 10.8 Å². The smallest absolute Gasteiger partial charge is 0.123 e. The first-order valence-electron chi connectivity index (χ1n) is 6.79. The van der Waals surface area contributed by atoms with E-state index < -0.39 is 10.8 Å². The highest BCUT2D eigenvalue weighted by Crippen LogP contribution is 2.38. The summed E-state index contributed by atoms with van der Waals surface area (Å²) >= 11 is 0. The summed E-state index contributed by atoms with van der Waals surface area (Å²) in [6, 6.07) is 6.28. The number of rotatable bonds is 3. The second-order valence-corrected chi connectivity index (χ2v) is 7.61. The maximum absolute atomic E-state index is 12.9. The molecule has 0 aliphatic heterocycles. The minimum atomic E-state index is -1.08. The molecule has 19 heavy (non-hydrogen) atoms. The van der Waals surface area contributed by atoms with E-state index in [9.17, 15) is 8.60 Å². The SMILES string of the molecule is CNC1C(S(=O)c2ccc(F)cc2)CCCC1(C)C. The van der Waals surface area contributed by atoms with Crippen molar-refractivity contribution in [2.75, 3.05) is 7.05 Å². The maximum atomic E-state index is 12.9. The standard InChI is InChI=1S/C15H22FNOS/c1-15(2)10-4-5-13(14(15)17-3)19(18)12-8-6-11(16)7-9-12/h6-9,13-14,17H,4-5,10H2,1-3H3. The zero-order valence-corrected chi connectivity index (χ0v) is 12.6. The van der Waals surface area contributed by atoms with E-state index in [2.05, 4.69) is 19.2 Å². The van der Waals surface area contributed by atoms with E-state index in [-0.39, 0.29) is 22.5 Å². The fraction of sp³-hybridized carbons (Fsp3) is 0.600. The predicted octanol–water partition coefficient (Wildman–Crippen LogP) is 3.10. The van der Waals surface area contributed by atoms with E-state index in [0.717, 1.165) is 24.2 Å². The average Bonchev–Trinajstić information content (AvgIpc) is 2.37. The molecule has 106 valence electrons. The van der Waals surface area contributed by atoms with Crippen LogP contribution in [0.4, 0.5) is 4.39 Å². The van der Waals surface area contributed by atoms with Crippen LogP contribution in [0.25, 0.3) is 0 Å². The van der Waals surface area contributed by atoms with E-state index in [1.54, 1.807) is 12.1 Å². The Labute approximate surface area is 117 Å². The molecule has 1 N–H and O–H groups in total. The van der Waals surface area contributed by atoms with Crippen molar-refractivity contribution in [3.05, 3.63) is 30.1 Å². The zero-order chi connectivity index (χ0) is 14.0. The lowest BCUT2D eigenvalue weighted by Crippen LogP contribution is -2.52. The molecule has 0 spiro atoms. The van der Waals surface area contributed by atoms with Crippen LogP contribution in [-0.2, 0) is 10.8 Å². The van der Waals surface area contributed by atoms with Crippen molar-refractivity contribution < 1.29 is 8.60 Å². The quantitative estimate of drug-likeness (QED) is 0.923. The molecule has 1 aliphatic carbocycles. The molecule has 0 radical (unpaired) electrons. The Morgan fingerprint density at radius 1 is 1.32 bits per heavy atom. The second-order valence-electron chi connectivity index (χ2n) is 5.94. The lowest BCUT2D eigenvalue weighted by molar-refractivity contribution is 0.180. The van der Waals surface area contributed by atoms with Gasteiger partial charge in [0.25, 0.3) is 0 Å². The van der Waals surface area contributed by atoms with Crippen molar-refractivity contribution in [2.45, 2.75) is 49.3 Å². The molecular weight excluding hydrogens is 261 g/mol. The summed E-state index contributed by atoms with van der Waals surface area (Å²) in [5.41, 5.74) is 0.146. The molecule has 2 rings (SSSR count). The van der Waals surface area contributed by atoms with Crippen LogP contribution in [0.1, 0.15) is 33.1 Å². The molecule has 0 bridgehead atoms. The van der Waals surface area contributed by atoms with Gasteiger partial charge in [-0.05, 0) is 49.6 Å². The minimum Gasteiger partial charge on any atom is -0.315 e. The molecule has 2 nitrogen and oxygen atoms in total. The van der Waals surface area contributed by atoms with Crippen LogP contribution < -0.4 is 5.32 Å². The number of halogens is 1. The summed E-state index contributed by atoms with van der Waals surface area (Å²) in [6.07, 6.45) is 3.21. The van der Waals surface area contributed by atoms with Gasteiger partial charge in [-0.3, -0.25) is 4.21 Å². The normalized spacial score (nSPS) is 28.0. The molecule has 0 amide bonds. The summed E-state index contributed by atoms with van der Waals surface area (Å²) in [6.45, 7) is 4.45. The third-order valence-electron chi connectivity index (χ3n) is 4.16. The van der Waals surface area contributed by atoms with Gasteiger partial charge in [0.1, 0.15) is 5.82 Å². The summed E-state index contributed by atoms with van der Waals surface area (Å²) in [7, 11) is 0.853. The Morgan fingerprint density at radius 3 is 2.53 bits per heavy atom. The van der Waals surface area contributed by atoms with Gasteiger partial charge < -0.3 is 5.32 Å². The number of hydrogen-bond donors (Lipinski definition) is 1. The van der Waals surface area contributed by atoms with Crippen molar-refractivity contribution in [2.24, 2.45) is 5.41 Å². The first-order chi connectivity index (χ1) is 8.95. The van der Waals surface area contributed by atoms with Gasteiger partial charge in [0, 0.05) is 10.9 Å². The van der Waals surface area contributed by atoms with Gasteiger partial charge in [0.2, 0.25) is 0 Å². The summed E-state index contributed by atoms with van der Waals surface area (Å²) in [5.74, 6) is -0.283. The fourth-order valence-corrected chi connectivity index (χ4v) is 5.02. The van der Waals surface area contributed by atoms with Crippen molar-refractivity contribution in [1.29, 1.82) is 0 Å². The monoisotopic (exact) mass is 283 g/mol. The lowest BCUT2D eigenvalue weighted by atomic mass is 9.73. The van der Waals surface area contributed by atoms with Gasteiger partial charge in [-0.1, -0.05) is 20.3 Å². The highest BCUT2D eigenvalue weighted by atomic mass is 32.2. The Bertz CT molecular complexity index is 458. The Morgan fingerprint density at radius 2 is 1.95 bits per heavy atom. The zero-order valence-electron chi connectivity index (χ0n) is 11.8. The molecule has 3 unspecified atom stereocenters. The summed E-state index contributed by atoms with van der Waals surface area (Å²) in [5, 5.41) is 3.44. The molecule has 1 saturated carbocycles. The minimum absolute atomic E-state index is 0.0965. The van der Waals surface area contributed by atoms with Gasteiger partial charge in [0.15, 0.2) is 0 Å². The summed E-state index contributed by atoms with van der Waals surface area (Å²) < 4.78 is 25.7. The van der Waals surface area contributed by atoms with Gasteiger partial charge in [-0.2, -0.15) is 0 Å².